The Kier molecular flexibility index (Phi) is 5.29. The number of urea groups is 1. The van der Waals surface area contributed by atoms with Crippen LogP contribution in [0.4, 0.5) is 4.79 Å². The summed E-state index contributed by atoms with van der Waals surface area (Å²) in [5.74, 6) is -1.01. The van der Waals surface area contributed by atoms with E-state index < -0.39 is 17.8 Å². The van der Waals surface area contributed by atoms with Crippen LogP contribution in [0.3, 0.4) is 0 Å². The predicted molar refractivity (Wildman–Crippen MR) is 119 cm³/mol. The number of aromatic nitrogens is 1. The highest BCUT2D eigenvalue weighted by atomic mass is 16.3. The molecule has 3 aromatic rings. The Morgan fingerprint density at radius 2 is 1.85 bits per heavy atom. The van der Waals surface area contributed by atoms with Crippen molar-refractivity contribution in [2.24, 2.45) is 0 Å². The van der Waals surface area contributed by atoms with Crippen LogP contribution in [0, 0.1) is 0 Å². The maximum Gasteiger partial charge on any atom is 0.331 e. The van der Waals surface area contributed by atoms with Crippen molar-refractivity contribution in [2.75, 3.05) is 13.1 Å². The lowest BCUT2D eigenvalue weighted by Crippen LogP contribution is -2.53. The second kappa shape index (κ2) is 8.42. The van der Waals surface area contributed by atoms with Crippen molar-refractivity contribution in [3.63, 3.8) is 0 Å². The van der Waals surface area contributed by atoms with Gasteiger partial charge in [0.15, 0.2) is 0 Å². The zero-order valence-electron chi connectivity index (χ0n) is 17.8. The van der Waals surface area contributed by atoms with Crippen molar-refractivity contribution < 1.29 is 23.6 Å². The molecule has 2 aliphatic rings. The molecule has 5 rings (SSSR count). The fraction of sp³-hybridized carbons (Fsp3) is 0.250. The molecule has 2 aliphatic heterocycles. The maximum atomic E-state index is 13.0. The minimum Gasteiger partial charge on any atom is -0.467 e. The van der Waals surface area contributed by atoms with E-state index in [0.717, 1.165) is 41.7 Å². The van der Waals surface area contributed by atoms with Gasteiger partial charge in [0.1, 0.15) is 17.9 Å². The number of nitrogens with zero attached hydrogens (tertiary/aromatic N) is 3. The number of likely N-dealkylation sites (tertiary alicyclic amines) is 1. The highest BCUT2D eigenvalue weighted by Gasteiger charge is 2.36. The van der Waals surface area contributed by atoms with E-state index in [4.69, 9.17) is 4.42 Å². The Morgan fingerprint density at radius 1 is 1.06 bits per heavy atom. The molecule has 2 aromatic heterocycles. The first kappa shape index (κ1) is 20.7. The Bertz CT molecular complexity index is 1280. The summed E-state index contributed by atoms with van der Waals surface area (Å²) in [5, 5.41) is 3.02. The number of hydrogen-bond acceptors (Lipinski definition) is 5. The predicted octanol–water partition coefficient (Wildman–Crippen LogP) is 2.52. The fourth-order valence-electron chi connectivity index (χ4n) is 4.28. The molecule has 0 saturated carbocycles. The number of carbonyl (C=O) groups is 4. The van der Waals surface area contributed by atoms with E-state index in [9.17, 15) is 19.2 Å². The Labute approximate surface area is 189 Å². The molecule has 0 atom stereocenters. The molecule has 33 heavy (non-hydrogen) atoms. The minimum atomic E-state index is -0.794. The van der Waals surface area contributed by atoms with E-state index in [1.807, 2.05) is 33.7 Å². The lowest BCUT2D eigenvalue weighted by atomic mass is 10.1. The molecule has 9 nitrogen and oxygen atoms in total. The molecule has 2 fully saturated rings. The van der Waals surface area contributed by atoms with Crippen LogP contribution < -0.4 is 5.32 Å². The second-order valence-electron chi connectivity index (χ2n) is 8.11. The summed E-state index contributed by atoms with van der Waals surface area (Å²) in [6.45, 7) is 1.62. The standard InChI is InChI=1S/C24H22N4O5/c29-21(26-9-3-4-10-26)15-27-13-16(18-7-1-2-8-20(18)27)12-19-22(30)25-24(32)28(23(19)31)14-17-6-5-11-33-17/h1-2,5-8,11-13H,3-4,9-10,14-15H2,(H,25,30,32). The first-order valence-corrected chi connectivity index (χ1v) is 10.8. The third kappa shape index (κ3) is 3.93. The maximum absolute atomic E-state index is 13.0. The second-order valence-corrected chi connectivity index (χ2v) is 8.11. The van der Waals surface area contributed by atoms with Crippen molar-refractivity contribution in [1.82, 2.24) is 19.7 Å². The van der Waals surface area contributed by atoms with Crippen LogP contribution in [0.1, 0.15) is 24.2 Å². The number of hydrogen-bond donors (Lipinski definition) is 1. The topological polar surface area (TPSA) is 105 Å². The Hall–Kier alpha value is -4.14. The normalized spacial score (nSPS) is 17.9. The summed E-state index contributed by atoms with van der Waals surface area (Å²) in [4.78, 5) is 53.3. The van der Waals surface area contributed by atoms with Crippen molar-refractivity contribution in [1.29, 1.82) is 0 Å². The van der Waals surface area contributed by atoms with E-state index in [0.29, 0.717) is 11.3 Å². The van der Waals surface area contributed by atoms with Crippen molar-refractivity contribution in [2.45, 2.75) is 25.9 Å². The summed E-state index contributed by atoms with van der Waals surface area (Å²) in [6.07, 6.45) is 6.71. The quantitative estimate of drug-likeness (QED) is 0.479. The molecule has 4 heterocycles. The minimum absolute atomic E-state index is 0.0363. The molecular weight excluding hydrogens is 424 g/mol. The summed E-state index contributed by atoms with van der Waals surface area (Å²) < 4.78 is 7.07. The highest BCUT2D eigenvalue weighted by Crippen LogP contribution is 2.26. The van der Waals surface area contributed by atoms with Crippen LogP contribution in [0.25, 0.3) is 17.0 Å². The van der Waals surface area contributed by atoms with Gasteiger partial charge < -0.3 is 13.9 Å². The van der Waals surface area contributed by atoms with Gasteiger partial charge in [-0.3, -0.25) is 24.6 Å². The van der Waals surface area contributed by atoms with Crippen molar-refractivity contribution in [3.8, 4) is 0 Å². The molecule has 0 spiro atoms. The molecule has 9 heteroatoms. The SMILES string of the molecule is O=C1NC(=O)N(Cc2ccco2)C(=O)C1=Cc1cn(CC(=O)N2CCCC2)c2ccccc12. The zero-order valence-corrected chi connectivity index (χ0v) is 17.8. The number of benzene rings is 1. The van der Waals surface area contributed by atoms with Crippen LogP contribution in [0.2, 0.25) is 0 Å². The van der Waals surface area contributed by atoms with E-state index in [-0.39, 0.29) is 24.6 Å². The number of rotatable bonds is 5. The molecule has 5 amide bonds. The van der Waals surface area contributed by atoms with Crippen LogP contribution in [-0.4, -0.2) is 51.2 Å². The Morgan fingerprint density at radius 3 is 2.61 bits per heavy atom. The molecular formula is C24H22N4O5. The van der Waals surface area contributed by atoms with Gasteiger partial charge in [0.2, 0.25) is 5.91 Å². The van der Waals surface area contributed by atoms with Gasteiger partial charge >= 0.3 is 6.03 Å². The average molecular weight is 446 g/mol. The first-order chi connectivity index (χ1) is 16.0. The average Bonchev–Trinajstić information content (AvgIpc) is 3.57. The summed E-state index contributed by atoms with van der Waals surface area (Å²) in [5.41, 5.74) is 1.28. The number of furan rings is 1. The van der Waals surface area contributed by atoms with Gasteiger partial charge in [-0.1, -0.05) is 18.2 Å². The largest absolute Gasteiger partial charge is 0.467 e. The van der Waals surface area contributed by atoms with Crippen LogP contribution in [0.5, 0.6) is 0 Å². The summed E-state index contributed by atoms with van der Waals surface area (Å²) in [6, 6.07) is 10.00. The van der Waals surface area contributed by atoms with Gasteiger partial charge in [-0.25, -0.2) is 4.79 Å². The molecule has 0 bridgehead atoms. The van der Waals surface area contributed by atoms with Gasteiger partial charge in [0.05, 0.1) is 12.8 Å². The number of imide groups is 2. The number of fused-ring (bicyclic) bond motifs is 1. The number of carbonyl (C=O) groups excluding carboxylic acids is 4. The molecule has 2 saturated heterocycles. The van der Waals surface area contributed by atoms with E-state index >= 15 is 0 Å². The van der Waals surface area contributed by atoms with E-state index in [1.54, 1.807) is 18.3 Å². The molecule has 0 aliphatic carbocycles. The number of nitrogens with one attached hydrogen (secondary N) is 1. The third-order valence-corrected chi connectivity index (χ3v) is 5.96. The lowest BCUT2D eigenvalue weighted by Gasteiger charge is -2.25. The Balaban J connectivity index is 1.48. The lowest BCUT2D eigenvalue weighted by molar-refractivity contribution is -0.131. The first-order valence-electron chi connectivity index (χ1n) is 10.8. The molecule has 0 radical (unpaired) electrons. The van der Waals surface area contributed by atoms with Crippen molar-refractivity contribution >= 4 is 40.7 Å². The van der Waals surface area contributed by atoms with Gasteiger partial charge in [0.25, 0.3) is 11.8 Å². The van der Waals surface area contributed by atoms with Gasteiger partial charge in [0, 0.05) is 35.8 Å². The highest BCUT2D eigenvalue weighted by molar-refractivity contribution is 6.31. The van der Waals surface area contributed by atoms with Crippen LogP contribution >= 0.6 is 0 Å². The fourth-order valence-corrected chi connectivity index (χ4v) is 4.28. The molecule has 1 aromatic carbocycles. The monoisotopic (exact) mass is 446 g/mol. The summed E-state index contributed by atoms with van der Waals surface area (Å²) in [7, 11) is 0. The molecule has 168 valence electrons. The molecule has 0 unspecified atom stereocenters. The van der Waals surface area contributed by atoms with Crippen LogP contribution in [0.15, 0.2) is 58.8 Å². The van der Waals surface area contributed by atoms with Gasteiger partial charge in [-0.15, -0.1) is 0 Å². The molecule has 1 N–H and O–H groups in total. The summed E-state index contributed by atoms with van der Waals surface area (Å²) >= 11 is 0. The third-order valence-electron chi connectivity index (χ3n) is 5.96. The van der Waals surface area contributed by atoms with Gasteiger partial charge in [-0.05, 0) is 37.1 Å². The number of amides is 5. The van der Waals surface area contributed by atoms with Gasteiger partial charge in [-0.2, -0.15) is 0 Å². The number of para-hydroxylation sites is 1. The van der Waals surface area contributed by atoms with E-state index in [1.165, 1.54) is 12.3 Å². The zero-order chi connectivity index (χ0) is 22.9. The number of barbiturate groups is 1. The van der Waals surface area contributed by atoms with Crippen molar-refractivity contribution in [3.05, 3.63) is 65.8 Å². The smallest absolute Gasteiger partial charge is 0.331 e. The van der Waals surface area contributed by atoms with E-state index in [2.05, 4.69) is 5.32 Å². The van der Waals surface area contributed by atoms with Crippen LogP contribution in [-0.2, 0) is 27.5 Å².